The van der Waals surface area contributed by atoms with E-state index in [2.05, 4.69) is 103 Å². The highest BCUT2D eigenvalue weighted by atomic mass is 127. The zero-order chi connectivity index (χ0) is 18.1. The summed E-state index contributed by atoms with van der Waals surface area (Å²) in [7, 11) is 0. The molecule has 1 aliphatic rings. The maximum Gasteiger partial charge on any atom is 0.207 e. The molecule has 0 atom stereocenters. The Morgan fingerprint density at radius 1 is 0.963 bits per heavy atom. The molecule has 138 valence electrons. The molecule has 3 aromatic rings. The van der Waals surface area contributed by atoms with E-state index in [0.717, 1.165) is 13.1 Å². The number of fused-ring (bicyclic) bond motifs is 3. The number of pyridine rings is 1. The van der Waals surface area contributed by atoms with Crippen molar-refractivity contribution in [2.45, 2.75) is 27.3 Å². The second kappa shape index (κ2) is 8.26. The van der Waals surface area contributed by atoms with Gasteiger partial charge in [-0.1, -0.05) is 36.4 Å². The van der Waals surface area contributed by atoms with Crippen LogP contribution in [-0.4, -0.2) is 6.54 Å². The van der Waals surface area contributed by atoms with Gasteiger partial charge in [0.1, 0.15) is 6.54 Å². The van der Waals surface area contributed by atoms with Crippen molar-refractivity contribution in [3.05, 3.63) is 83.8 Å². The molecular formula is C24H25IN2. The van der Waals surface area contributed by atoms with E-state index in [1.165, 1.54) is 39.0 Å². The molecule has 2 heterocycles. The zero-order valence-electron chi connectivity index (χ0n) is 16.1. The Bertz CT molecular complexity index is 1030. The van der Waals surface area contributed by atoms with E-state index in [-0.39, 0.29) is 24.0 Å². The largest absolute Gasteiger partial charge is 1.00 e. The Labute approximate surface area is 178 Å². The first-order valence-corrected chi connectivity index (χ1v) is 9.41. The number of likely N-dealkylation sites (N-methyl/N-ethyl adjacent to an activating group) is 1. The van der Waals surface area contributed by atoms with Gasteiger partial charge in [-0.05, 0) is 43.9 Å². The molecule has 0 radical (unpaired) electrons. The smallest absolute Gasteiger partial charge is 0.207 e. The number of hydrogen-bond donors (Lipinski definition) is 0. The molecule has 0 N–H and O–H groups in total. The van der Waals surface area contributed by atoms with Gasteiger partial charge in [-0.2, -0.15) is 4.57 Å². The fourth-order valence-corrected chi connectivity index (χ4v) is 3.89. The third kappa shape index (κ3) is 3.53. The number of aryl methyl sites for hydroxylation is 1. The molecule has 0 spiro atoms. The van der Waals surface area contributed by atoms with Gasteiger partial charge in [-0.25, -0.2) is 0 Å². The summed E-state index contributed by atoms with van der Waals surface area (Å²) in [5.41, 5.74) is 6.47. The monoisotopic (exact) mass is 468 g/mol. The number of allylic oxidation sites excluding steroid dienone is 2. The molecule has 1 aromatic heterocycles. The molecule has 3 heteroatoms. The Morgan fingerprint density at radius 2 is 1.74 bits per heavy atom. The zero-order valence-corrected chi connectivity index (χ0v) is 18.3. The van der Waals surface area contributed by atoms with Gasteiger partial charge in [0.05, 0.1) is 5.69 Å². The van der Waals surface area contributed by atoms with Crippen LogP contribution in [0, 0.1) is 0 Å². The summed E-state index contributed by atoms with van der Waals surface area (Å²) >= 11 is 0. The van der Waals surface area contributed by atoms with Crippen molar-refractivity contribution in [1.29, 1.82) is 0 Å². The molecular weight excluding hydrogens is 443 g/mol. The van der Waals surface area contributed by atoms with Crippen LogP contribution in [0.25, 0.3) is 22.4 Å². The topological polar surface area (TPSA) is 7.12 Å². The summed E-state index contributed by atoms with van der Waals surface area (Å²) in [5.74, 6) is 0. The van der Waals surface area contributed by atoms with Crippen LogP contribution in [-0.2, 0) is 6.54 Å². The number of benzene rings is 2. The SMILES string of the molecule is CCN1/C(=C\c2cccc[n+]2CC)C=C(C)c2ccc3ccccc3c21.[I-]. The van der Waals surface area contributed by atoms with Crippen LogP contribution >= 0.6 is 0 Å². The summed E-state index contributed by atoms with van der Waals surface area (Å²) in [6, 6.07) is 19.6. The van der Waals surface area contributed by atoms with Crippen molar-refractivity contribution >= 4 is 28.1 Å². The van der Waals surface area contributed by atoms with Crippen LogP contribution < -0.4 is 33.4 Å². The molecule has 0 saturated heterocycles. The van der Waals surface area contributed by atoms with Crippen LogP contribution in [0.3, 0.4) is 0 Å². The molecule has 0 bridgehead atoms. The van der Waals surface area contributed by atoms with E-state index in [4.69, 9.17) is 0 Å². The lowest BCUT2D eigenvalue weighted by atomic mass is 9.94. The highest BCUT2D eigenvalue weighted by Gasteiger charge is 2.22. The summed E-state index contributed by atoms with van der Waals surface area (Å²) in [4.78, 5) is 2.44. The number of nitrogens with zero attached hydrogens (tertiary/aromatic N) is 2. The minimum Gasteiger partial charge on any atom is -1.00 e. The second-order valence-electron chi connectivity index (χ2n) is 6.74. The highest BCUT2D eigenvalue weighted by molar-refractivity contribution is 6.03. The lowest BCUT2D eigenvalue weighted by molar-refractivity contribution is -0.695. The fourth-order valence-electron chi connectivity index (χ4n) is 3.89. The number of halogens is 1. The molecule has 0 fully saturated rings. The quantitative estimate of drug-likeness (QED) is 0.423. The van der Waals surface area contributed by atoms with Crippen LogP contribution in [0.2, 0.25) is 0 Å². The van der Waals surface area contributed by atoms with Crippen LogP contribution in [0.1, 0.15) is 32.0 Å². The molecule has 4 rings (SSSR count). The minimum absolute atomic E-state index is 0. The number of hydrogen-bond acceptors (Lipinski definition) is 1. The van der Waals surface area contributed by atoms with E-state index < -0.39 is 0 Å². The molecule has 2 nitrogen and oxygen atoms in total. The van der Waals surface area contributed by atoms with E-state index in [1.807, 2.05) is 0 Å². The predicted molar refractivity (Wildman–Crippen MR) is 111 cm³/mol. The second-order valence-corrected chi connectivity index (χ2v) is 6.74. The third-order valence-electron chi connectivity index (χ3n) is 5.20. The van der Waals surface area contributed by atoms with Crippen LogP contribution in [0.4, 0.5) is 5.69 Å². The van der Waals surface area contributed by atoms with Gasteiger partial charge in [-0.15, -0.1) is 0 Å². The summed E-state index contributed by atoms with van der Waals surface area (Å²) < 4.78 is 2.28. The van der Waals surface area contributed by atoms with Gasteiger partial charge in [0.15, 0.2) is 6.20 Å². The summed E-state index contributed by atoms with van der Waals surface area (Å²) in [5, 5.41) is 2.61. The summed E-state index contributed by atoms with van der Waals surface area (Å²) in [6.45, 7) is 8.54. The average Bonchev–Trinajstić information content (AvgIpc) is 2.68. The van der Waals surface area contributed by atoms with E-state index >= 15 is 0 Å². The third-order valence-corrected chi connectivity index (χ3v) is 5.20. The van der Waals surface area contributed by atoms with Gasteiger partial charge < -0.3 is 28.9 Å². The van der Waals surface area contributed by atoms with Crippen molar-refractivity contribution in [2.75, 3.05) is 11.4 Å². The lowest BCUT2D eigenvalue weighted by Gasteiger charge is -2.32. The normalized spacial score (nSPS) is 14.7. The van der Waals surface area contributed by atoms with Crippen molar-refractivity contribution in [2.24, 2.45) is 0 Å². The Balaban J connectivity index is 0.00000210. The molecule has 0 unspecified atom stereocenters. The maximum atomic E-state index is 2.44. The fraction of sp³-hybridized carbons (Fsp3) is 0.208. The Morgan fingerprint density at radius 3 is 2.52 bits per heavy atom. The molecule has 2 aromatic carbocycles. The van der Waals surface area contributed by atoms with E-state index in [9.17, 15) is 0 Å². The van der Waals surface area contributed by atoms with Crippen LogP contribution in [0.15, 0.2) is 72.6 Å². The predicted octanol–water partition coefficient (Wildman–Crippen LogP) is 2.44. The first-order valence-electron chi connectivity index (χ1n) is 9.41. The van der Waals surface area contributed by atoms with Gasteiger partial charge in [-0.3, -0.25) is 0 Å². The molecule has 1 aliphatic heterocycles. The molecule has 0 saturated carbocycles. The van der Waals surface area contributed by atoms with E-state index in [0.29, 0.717) is 0 Å². The van der Waals surface area contributed by atoms with Gasteiger partial charge in [0, 0.05) is 41.4 Å². The van der Waals surface area contributed by atoms with Gasteiger partial charge >= 0.3 is 0 Å². The molecule has 0 aliphatic carbocycles. The first-order chi connectivity index (χ1) is 12.7. The standard InChI is InChI=1S/C24H25N2.HI/c1-4-25-15-9-8-11-20(25)17-21-16-18(3)22-14-13-19-10-6-7-12-23(19)24(22)26(21)5-2;/h6-17H,4-5H2,1-3H3;1H/q+1;/p-1. The van der Waals surface area contributed by atoms with E-state index in [1.54, 1.807) is 0 Å². The average molecular weight is 468 g/mol. The minimum atomic E-state index is 0. The number of anilines is 1. The maximum absolute atomic E-state index is 2.44. The summed E-state index contributed by atoms with van der Waals surface area (Å²) in [6.07, 6.45) is 6.76. The Hall–Kier alpha value is -2.14. The van der Waals surface area contributed by atoms with Gasteiger partial charge in [0.25, 0.3) is 0 Å². The Kier molecular flexibility index (Phi) is 6.00. The van der Waals surface area contributed by atoms with Crippen molar-refractivity contribution in [3.63, 3.8) is 0 Å². The molecule has 0 amide bonds. The van der Waals surface area contributed by atoms with Crippen molar-refractivity contribution in [1.82, 2.24) is 0 Å². The molecule has 27 heavy (non-hydrogen) atoms. The lowest BCUT2D eigenvalue weighted by Crippen LogP contribution is -3.00. The van der Waals surface area contributed by atoms with Crippen molar-refractivity contribution < 1.29 is 28.5 Å². The number of aromatic nitrogens is 1. The number of rotatable bonds is 3. The highest BCUT2D eigenvalue weighted by Crippen LogP contribution is 2.41. The van der Waals surface area contributed by atoms with Crippen LogP contribution in [0.5, 0.6) is 0 Å². The van der Waals surface area contributed by atoms with Crippen molar-refractivity contribution in [3.8, 4) is 0 Å². The first kappa shape index (κ1) is 19.6. The van der Waals surface area contributed by atoms with Gasteiger partial charge in [0.2, 0.25) is 5.69 Å².